The zero-order valence-corrected chi connectivity index (χ0v) is 15.9. The average Bonchev–Trinajstić information content (AvgIpc) is 2.60. The molecule has 0 saturated carbocycles. The Kier molecular flexibility index (Phi) is 6.95. The van der Waals surface area contributed by atoms with Crippen LogP contribution in [0.3, 0.4) is 0 Å². The average molecular weight is 369 g/mol. The van der Waals surface area contributed by atoms with Crippen LogP contribution in [0, 0.1) is 0 Å². The predicted molar refractivity (Wildman–Crippen MR) is 95.6 cm³/mol. The van der Waals surface area contributed by atoms with Gasteiger partial charge in [-0.2, -0.15) is 0 Å². The lowest BCUT2D eigenvalue weighted by Gasteiger charge is -2.30. The highest BCUT2D eigenvalue weighted by molar-refractivity contribution is 7.89. The second-order valence-corrected chi connectivity index (χ2v) is 8.50. The number of piperidine rings is 1. The van der Waals surface area contributed by atoms with Gasteiger partial charge < -0.3 is 10.1 Å². The van der Waals surface area contributed by atoms with Crippen molar-refractivity contribution in [1.29, 1.82) is 0 Å². The highest BCUT2D eigenvalue weighted by Crippen LogP contribution is 2.18. The van der Waals surface area contributed by atoms with E-state index >= 15 is 0 Å². The number of carbonyl (C=O) groups excluding carboxylic acids is 1. The molecule has 0 aromatic heterocycles. The first kappa shape index (κ1) is 19.8. The normalized spacial score (nSPS) is 17.0. The molecule has 1 heterocycles. The van der Waals surface area contributed by atoms with Crippen LogP contribution in [-0.2, 0) is 26.1 Å². The summed E-state index contributed by atoms with van der Waals surface area (Å²) in [4.78, 5) is 14.5. The summed E-state index contributed by atoms with van der Waals surface area (Å²) in [6.07, 6.45) is 2.13. The molecule has 0 radical (unpaired) electrons. The van der Waals surface area contributed by atoms with Crippen molar-refractivity contribution in [2.24, 2.45) is 0 Å². The van der Waals surface area contributed by atoms with Crippen molar-refractivity contribution in [3.8, 4) is 0 Å². The number of benzene rings is 1. The van der Waals surface area contributed by atoms with E-state index in [2.05, 4.69) is 10.2 Å². The lowest BCUT2D eigenvalue weighted by molar-refractivity contribution is -0.123. The number of likely N-dealkylation sites (tertiary alicyclic amines) is 1. The van der Waals surface area contributed by atoms with E-state index < -0.39 is 10.0 Å². The molecule has 1 aromatic carbocycles. The first-order valence-corrected chi connectivity index (χ1v) is 9.81. The highest BCUT2D eigenvalue weighted by Gasteiger charge is 2.22. The van der Waals surface area contributed by atoms with Crippen LogP contribution in [-0.4, -0.2) is 70.5 Å². The molecule has 1 aliphatic rings. The van der Waals surface area contributed by atoms with Crippen LogP contribution in [0.5, 0.6) is 0 Å². The largest absolute Gasteiger partial charge is 0.381 e. The van der Waals surface area contributed by atoms with E-state index in [9.17, 15) is 13.2 Å². The van der Waals surface area contributed by atoms with Crippen molar-refractivity contribution in [2.75, 3.05) is 40.8 Å². The second kappa shape index (κ2) is 8.75. The second-order valence-electron chi connectivity index (χ2n) is 6.38. The lowest BCUT2D eigenvalue weighted by Crippen LogP contribution is -2.42. The molecule has 1 aromatic rings. The Labute approximate surface area is 150 Å². The molecule has 0 atom stereocenters. The Morgan fingerprint density at radius 1 is 1.28 bits per heavy atom. The number of ether oxygens (including phenoxy) is 1. The van der Waals surface area contributed by atoms with Crippen molar-refractivity contribution < 1.29 is 17.9 Å². The maximum Gasteiger partial charge on any atom is 0.242 e. The molecule has 0 aliphatic carbocycles. The van der Waals surface area contributed by atoms with E-state index in [1.54, 1.807) is 31.4 Å². The number of nitrogens with one attached hydrogen (secondary N) is 1. The van der Waals surface area contributed by atoms with E-state index in [1.807, 2.05) is 0 Å². The third-order valence-corrected chi connectivity index (χ3v) is 6.36. The minimum absolute atomic E-state index is 0.104. The predicted octanol–water partition coefficient (Wildman–Crippen LogP) is 0.664. The van der Waals surface area contributed by atoms with Crippen molar-refractivity contribution in [2.45, 2.75) is 30.4 Å². The fraction of sp³-hybridized carbons (Fsp3) is 0.588. The van der Waals surface area contributed by atoms with Crippen molar-refractivity contribution in [3.05, 3.63) is 29.8 Å². The van der Waals surface area contributed by atoms with Gasteiger partial charge in [-0.15, -0.1) is 0 Å². The van der Waals surface area contributed by atoms with Crippen LogP contribution >= 0.6 is 0 Å². The van der Waals surface area contributed by atoms with Crippen LogP contribution < -0.4 is 5.32 Å². The number of sulfonamides is 1. The van der Waals surface area contributed by atoms with Crippen molar-refractivity contribution >= 4 is 15.9 Å². The summed E-state index contributed by atoms with van der Waals surface area (Å²) in [5.41, 5.74) is 0.586. The molecular formula is C17H27N3O4S. The molecule has 0 unspecified atom stereocenters. The van der Waals surface area contributed by atoms with E-state index in [0.29, 0.717) is 12.1 Å². The molecular weight excluding hydrogens is 342 g/mol. The Morgan fingerprint density at radius 2 is 1.92 bits per heavy atom. The van der Waals surface area contributed by atoms with Gasteiger partial charge in [0.1, 0.15) is 0 Å². The van der Waals surface area contributed by atoms with Gasteiger partial charge in [0.05, 0.1) is 17.5 Å². The minimum atomic E-state index is -3.53. The third-order valence-electron chi connectivity index (χ3n) is 4.44. The molecule has 8 heteroatoms. The molecule has 0 spiro atoms. The summed E-state index contributed by atoms with van der Waals surface area (Å²) < 4.78 is 31.2. The summed E-state index contributed by atoms with van der Waals surface area (Å²) in [5.74, 6) is -0.104. The lowest BCUT2D eigenvalue weighted by atomic mass is 10.1. The molecule has 140 valence electrons. The zero-order valence-electron chi connectivity index (χ0n) is 15.1. The Morgan fingerprint density at radius 3 is 2.52 bits per heavy atom. The van der Waals surface area contributed by atoms with Gasteiger partial charge >= 0.3 is 0 Å². The maximum absolute atomic E-state index is 12.4. The Bertz CT molecular complexity index is 683. The Hall–Kier alpha value is -1.48. The van der Waals surface area contributed by atoms with Gasteiger partial charge in [-0.25, -0.2) is 12.7 Å². The number of amides is 1. The van der Waals surface area contributed by atoms with E-state index in [-0.39, 0.29) is 23.5 Å². The van der Waals surface area contributed by atoms with Crippen LogP contribution in [0.25, 0.3) is 0 Å². The monoisotopic (exact) mass is 369 g/mol. The SMILES string of the molecule is COC1CCN(CC(=O)NCc2ccccc2S(=O)(=O)N(C)C)CC1. The van der Waals surface area contributed by atoms with Crippen molar-refractivity contribution in [1.82, 2.24) is 14.5 Å². The van der Waals surface area contributed by atoms with Gasteiger partial charge in [0.2, 0.25) is 15.9 Å². The summed E-state index contributed by atoms with van der Waals surface area (Å²) in [6, 6.07) is 6.74. The minimum Gasteiger partial charge on any atom is -0.381 e. The quantitative estimate of drug-likeness (QED) is 0.764. The number of hydrogen-bond acceptors (Lipinski definition) is 5. The number of rotatable bonds is 7. The smallest absolute Gasteiger partial charge is 0.242 e. The van der Waals surface area contributed by atoms with Gasteiger partial charge in [0.25, 0.3) is 0 Å². The molecule has 1 aliphatic heterocycles. The van der Waals surface area contributed by atoms with E-state index in [0.717, 1.165) is 25.9 Å². The number of methoxy groups -OCH3 is 1. The molecule has 1 amide bonds. The molecule has 2 rings (SSSR count). The van der Waals surface area contributed by atoms with Gasteiger partial charge in [-0.05, 0) is 24.5 Å². The van der Waals surface area contributed by atoms with Gasteiger partial charge in [0, 0.05) is 40.8 Å². The number of nitrogens with zero attached hydrogens (tertiary/aromatic N) is 2. The fourth-order valence-electron chi connectivity index (χ4n) is 2.85. The van der Waals surface area contributed by atoms with E-state index in [1.165, 1.54) is 18.4 Å². The standard InChI is InChI=1S/C17H27N3O4S/c1-19(2)25(22,23)16-7-5-4-6-14(16)12-18-17(21)13-20-10-8-15(24-3)9-11-20/h4-7,15H,8-13H2,1-3H3,(H,18,21). The summed E-state index contributed by atoms with van der Waals surface area (Å²) in [6.45, 7) is 2.17. The van der Waals surface area contributed by atoms with Crippen LogP contribution in [0.15, 0.2) is 29.2 Å². The first-order valence-electron chi connectivity index (χ1n) is 8.37. The van der Waals surface area contributed by atoms with Gasteiger partial charge in [0.15, 0.2) is 0 Å². The fourth-order valence-corrected chi connectivity index (χ4v) is 3.97. The first-order chi connectivity index (χ1) is 11.8. The topological polar surface area (TPSA) is 79.0 Å². The number of hydrogen-bond donors (Lipinski definition) is 1. The molecule has 1 N–H and O–H groups in total. The van der Waals surface area contributed by atoms with E-state index in [4.69, 9.17) is 4.74 Å². The van der Waals surface area contributed by atoms with Gasteiger partial charge in [-0.1, -0.05) is 18.2 Å². The molecule has 25 heavy (non-hydrogen) atoms. The third kappa shape index (κ3) is 5.24. The van der Waals surface area contributed by atoms with Crippen LogP contribution in [0.1, 0.15) is 18.4 Å². The summed E-state index contributed by atoms with van der Waals surface area (Å²) in [5, 5.41) is 2.83. The Balaban J connectivity index is 1.93. The van der Waals surface area contributed by atoms with Gasteiger partial charge in [-0.3, -0.25) is 9.69 Å². The molecule has 0 bridgehead atoms. The molecule has 1 saturated heterocycles. The van der Waals surface area contributed by atoms with Crippen LogP contribution in [0.4, 0.5) is 0 Å². The summed E-state index contributed by atoms with van der Waals surface area (Å²) in [7, 11) is 1.17. The maximum atomic E-state index is 12.4. The highest BCUT2D eigenvalue weighted by atomic mass is 32.2. The van der Waals surface area contributed by atoms with Crippen molar-refractivity contribution in [3.63, 3.8) is 0 Å². The zero-order chi connectivity index (χ0) is 18.4. The molecule has 7 nitrogen and oxygen atoms in total. The summed E-state index contributed by atoms with van der Waals surface area (Å²) >= 11 is 0. The molecule has 1 fully saturated rings. The van der Waals surface area contributed by atoms with Crippen LogP contribution in [0.2, 0.25) is 0 Å². The number of carbonyl (C=O) groups is 1.